The molecular weight excluding hydrogens is 490 g/mol. The van der Waals surface area contributed by atoms with Gasteiger partial charge in [-0.1, -0.05) is 42.5 Å². The monoisotopic (exact) mass is 525 g/mol. The van der Waals surface area contributed by atoms with Crippen molar-refractivity contribution in [2.75, 3.05) is 24.2 Å². The Balaban J connectivity index is 1.62. The molecule has 1 saturated carbocycles. The predicted molar refractivity (Wildman–Crippen MR) is 145 cm³/mol. The van der Waals surface area contributed by atoms with E-state index >= 15 is 0 Å². The Bertz CT molecular complexity index is 1260. The number of carbonyl (C=O) groups is 2. The molecular formula is C28H35N3O5S. The number of rotatable bonds is 10. The summed E-state index contributed by atoms with van der Waals surface area (Å²) >= 11 is 0. The first-order valence-corrected chi connectivity index (χ1v) is 14.5. The molecule has 2 aliphatic rings. The molecule has 2 aromatic carbocycles. The third-order valence-electron chi connectivity index (χ3n) is 6.94. The van der Waals surface area contributed by atoms with Crippen molar-refractivity contribution in [3.8, 4) is 0 Å². The number of ketones is 1. The predicted octanol–water partition coefficient (Wildman–Crippen LogP) is 2.53. The number of piperidine rings is 1. The smallest absolute Gasteiger partial charge is 0.251 e. The maximum atomic E-state index is 13.5. The van der Waals surface area contributed by atoms with Gasteiger partial charge < -0.3 is 15.7 Å². The number of anilines is 1. The second-order valence-electron chi connectivity index (χ2n) is 10.1. The van der Waals surface area contributed by atoms with Gasteiger partial charge in [-0.05, 0) is 54.5 Å². The number of aliphatic hydroxyl groups is 1. The highest BCUT2D eigenvalue weighted by molar-refractivity contribution is 7.92. The van der Waals surface area contributed by atoms with Crippen LogP contribution in [-0.4, -0.2) is 63.3 Å². The Morgan fingerprint density at radius 2 is 1.95 bits per heavy atom. The van der Waals surface area contributed by atoms with Gasteiger partial charge in [-0.25, -0.2) is 8.42 Å². The first-order valence-electron chi connectivity index (χ1n) is 12.7. The van der Waals surface area contributed by atoms with Gasteiger partial charge in [0.25, 0.3) is 5.91 Å². The van der Waals surface area contributed by atoms with Crippen LogP contribution in [0.5, 0.6) is 0 Å². The van der Waals surface area contributed by atoms with E-state index in [1.807, 2.05) is 36.4 Å². The van der Waals surface area contributed by atoms with Crippen LogP contribution in [0.2, 0.25) is 0 Å². The maximum Gasteiger partial charge on any atom is 0.251 e. The summed E-state index contributed by atoms with van der Waals surface area (Å²) in [6.07, 6.45) is 7.37. The molecule has 2 fully saturated rings. The number of allylic oxidation sites excluding steroid dienone is 1. The molecule has 1 aliphatic heterocycles. The molecule has 2 aromatic rings. The molecule has 0 spiro atoms. The molecule has 3 unspecified atom stereocenters. The van der Waals surface area contributed by atoms with Crippen molar-refractivity contribution < 1.29 is 23.1 Å². The van der Waals surface area contributed by atoms with Crippen molar-refractivity contribution in [1.82, 2.24) is 10.6 Å². The number of aliphatic hydroxyl groups excluding tert-OH is 1. The number of Topliss-reactive ketones (excluding diaryl/α,β-unsaturated/α-hetero) is 1. The van der Waals surface area contributed by atoms with Gasteiger partial charge in [-0.15, -0.1) is 0 Å². The average Bonchev–Trinajstić information content (AvgIpc) is 3.70. The number of amides is 1. The maximum absolute atomic E-state index is 13.5. The van der Waals surface area contributed by atoms with Gasteiger partial charge in [0.2, 0.25) is 10.0 Å². The van der Waals surface area contributed by atoms with E-state index in [0.29, 0.717) is 36.6 Å². The summed E-state index contributed by atoms with van der Waals surface area (Å²) in [5.41, 5.74) is 2.34. The molecule has 0 radical (unpaired) electrons. The van der Waals surface area contributed by atoms with E-state index in [2.05, 4.69) is 16.7 Å². The zero-order valence-corrected chi connectivity index (χ0v) is 22.1. The number of nitrogens with zero attached hydrogens (tertiary/aromatic N) is 1. The van der Waals surface area contributed by atoms with Gasteiger partial charge >= 0.3 is 0 Å². The summed E-state index contributed by atoms with van der Waals surface area (Å²) in [4.78, 5) is 25.6. The number of nitrogens with one attached hydrogen (secondary N) is 2. The van der Waals surface area contributed by atoms with Gasteiger partial charge in [0.1, 0.15) is 5.78 Å². The van der Waals surface area contributed by atoms with Crippen LogP contribution in [0.25, 0.3) is 6.08 Å². The summed E-state index contributed by atoms with van der Waals surface area (Å²) < 4.78 is 25.6. The molecule has 3 atom stereocenters. The fraction of sp³-hybridized carbons (Fsp3) is 0.429. The van der Waals surface area contributed by atoms with Crippen molar-refractivity contribution in [1.29, 1.82) is 0 Å². The van der Waals surface area contributed by atoms with Crippen molar-refractivity contribution in [2.45, 2.75) is 50.3 Å². The van der Waals surface area contributed by atoms with Crippen LogP contribution >= 0.6 is 0 Å². The third-order valence-corrected chi connectivity index (χ3v) is 8.15. The highest BCUT2D eigenvalue weighted by Crippen LogP contribution is 2.31. The molecule has 3 N–H and O–H groups in total. The van der Waals surface area contributed by atoms with Crippen LogP contribution in [0.4, 0.5) is 5.69 Å². The molecule has 1 heterocycles. The summed E-state index contributed by atoms with van der Waals surface area (Å²) in [5, 5.41) is 17.4. The first kappa shape index (κ1) is 27.0. The Kier molecular flexibility index (Phi) is 8.46. The van der Waals surface area contributed by atoms with Crippen LogP contribution in [0.3, 0.4) is 0 Å². The lowest BCUT2D eigenvalue weighted by Gasteiger charge is -2.33. The summed E-state index contributed by atoms with van der Waals surface area (Å²) in [5.74, 6) is 0.174. The van der Waals surface area contributed by atoms with Gasteiger partial charge in [0, 0.05) is 38.0 Å². The minimum Gasteiger partial charge on any atom is -0.389 e. The van der Waals surface area contributed by atoms with E-state index in [1.165, 1.54) is 7.05 Å². The molecule has 0 aromatic heterocycles. The van der Waals surface area contributed by atoms with Crippen LogP contribution in [0, 0.1) is 5.92 Å². The quantitative estimate of drug-likeness (QED) is 0.439. The molecule has 8 nitrogen and oxygen atoms in total. The fourth-order valence-electron chi connectivity index (χ4n) is 4.49. The molecule has 4 rings (SSSR count). The van der Waals surface area contributed by atoms with Gasteiger partial charge in [-0.2, -0.15) is 0 Å². The zero-order chi connectivity index (χ0) is 26.6. The van der Waals surface area contributed by atoms with Crippen molar-refractivity contribution in [2.24, 2.45) is 5.92 Å². The average molecular weight is 526 g/mol. The Labute approximate surface area is 218 Å². The van der Waals surface area contributed by atoms with Gasteiger partial charge in [0.15, 0.2) is 0 Å². The number of sulfonamides is 1. The number of hydrogen-bond donors (Lipinski definition) is 3. The Hall–Kier alpha value is -3.01. The Morgan fingerprint density at radius 1 is 1.22 bits per heavy atom. The van der Waals surface area contributed by atoms with Crippen molar-refractivity contribution in [3.63, 3.8) is 0 Å². The Morgan fingerprint density at radius 3 is 2.59 bits per heavy atom. The molecule has 9 heteroatoms. The third kappa shape index (κ3) is 7.50. The molecule has 1 aliphatic carbocycles. The van der Waals surface area contributed by atoms with Crippen LogP contribution < -0.4 is 14.9 Å². The molecule has 37 heavy (non-hydrogen) atoms. The highest BCUT2D eigenvalue weighted by atomic mass is 32.2. The van der Waals surface area contributed by atoms with E-state index in [4.69, 9.17) is 0 Å². The minimum absolute atomic E-state index is 0.0798. The van der Waals surface area contributed by atoms with E-state index < -0.39 is 34.1 Å². The number of hydrogen-bond acceptors (Lipinski definition) is 6. The fourth-order valence-corrected chi connectivity index (χ4v) is 4.97. The first-order chi connectivity index (χ1) is 17.6. The second kappa shape index (κ2) is 11.6. The largest absolute Gasteiger partial charge is 0.389 e. The number of carbonyl (C=O) groups excluding carboxylic acids is 2. The molecule has 198 valence electrons. The van der Waals surface area contributed by atoms with Crippen LogP contribution in [-0.2, 0) is 21.2 Å². The molecule has 0 bridgehead atoms. The van der Waals surface area contributed by atoms with E-state index in [9.17, 15) is 23.1 Å². The van der Waals surface area contributed by atoms with Crippen LogP contribution in [0.15, 0.2) is 54.6 Å². The van der Waals surface area contributed by atoms with Gasteiger partial charge in [0.05, 0.1) is 24.1 Å². The summed E-state index contributed by atoms with van der Waals surface area (Å²) in [6, 6.07) is 13.4. The van der Waals surface area contributed by atoms with E-state index in [1.54, 1.807) is 18.2 Å². The van der Waals surface area contributed by atoms with E-state index in [-0.39, 0.29) is 12.2 Å². The minimum atomic E-state index is -3.53. The lowest BCUT2D eigenvalue weighted by atomic mass is 9.91. The number of benzene rings is 2. The molecule has 1 saturated heterocycles. The van der Waals surface area contributed by atoms with Crippen molar-refractivity contribution >= 4 is 33.5 Å². The SMILES string of the molecule is CN(c1cc(C=CC2CC2)cc(C(=O)NC(Cc2ccccc2)C(O)C2CC(=O)CCN2)c1)S(C)(=O)=O. The topological polar surface area (TPSA) is 116 Å². The van der Waals surface area contributed by atoms with Crippen molar-refractivity contribution in [3.05, 3.63) is 71.3 Å². The zero-order valence-electron chi connectivity index (χ0n) is 21.3. The lowest BCUT2D eigenvalue weighted by molar-refractivity contribution is -0.121. The standard InChI is InChI=1S/C28H35N3O5S/c1-31(37(2,35)36)23-15-21(11-10-19-8-9-19)14-22(17-23)28(34)30-26(16-20-6-4-3-5-7-20)27(33)25-18-24(32)12-13-29-25/h3-7,10-11,14-15,17,19,25-27,29,33H,8-9,12-13,16,18H2,1-2H3,(H,30,34). The van der Waals surface area contributed by atoms with E-state index in [0.717, 1.165) is 34.5 Å². The van der Waals surface area contributed by atoms with Gasteiger partial charge in [-0.3, -0.25) is 13.9 Å². The summed E-state index contributed by atoms with van der Waals surface area (Å²) in [6.45, 7) is 0.489. The summed E-state index contributed by atoms with van der Waals surface area (Å²) in [7, 11) is -2.08. The lowest BCUT2D eigenvalue weighted by Crippen LogP contribution is -2.56. The highest BCUT2D eigenvalue weighted by Gasteiger charge is 2.33. The molecule has 1 amide bonds. The second-order valence-corrected chi connectivity index (χ2v) is 12.1. The van der Waals surface area contributed by atoms with Crippen LogP contribution in [0.1, 0.15) is 47.2 Å². The normalized spacial score (nSPS) is 20.0.